The fourth-order valence-electron chi connectivity index (χ4n) is 3.99. The molecule has 0 bridgehead atoms. The monoisotopic (exact) mass is 575 g/mol. The molecule has 0 fully saturated rings. The number of benzene rings is 2. The zero-order valence-electron chi connectivity index (χ0n) is 26.3. The molecule has 4 N–H and O–H groups in total. The second-order valence-electron chi connectivity index (χ2n) is 10.7. The Morgan fingerprint density at radius 2 is 1.71 bits per heavy atom. The van der Waals surface area contributed by atoms with E-state index in [2.05, 4.69) is 51.5 Å². The molecule has 0 saturated heterocycles. The van der Waals surface area contributed by atoms with Gasteiger partial charge < -0.3 is 25.5 Å². The summed E-state index contributed by atoms with van der Waals surface area (Å²) in [5.41, 5.74) is 3.05. The van der Waals surface area contributed by atoms with Crippen LogP contribution in [0.2, 0.25) is 0 Å². The molecule has 0 amide bonds. The number of aliphatic hydroxyl groups is 1. The van der Waals surface area contributed by atoms with Gasteiger partial charge in [0, 0.05) is 29.7 Å². The van der Waals surface area contributed by atoms with E-state index in [1.165, 1.54) is 6.21 Å². The van der Waals surface area contributed by atoms with Crippen LogP contribution in [0.4, 0.5) is 5.69 Å². The average molecular weight is 576 g/mol. The molecule has 8 heteroatoms. The van der Waals surface area contributed by atoms with Crippen molar-refractivity contribution in [3.8, 4) is 0 Å². The third-order valence-corrected chi connectivity index (χ3v) is 7.04. The maximum absolute atomic E-state index is 10.5. The number of aryl methyl sites for hydroxylation is 1. The maximum Gasteiger partial charge on any atom is 0.290 e. The molecule has 0 aliphatic heterocycles. The number of nitrogens with zero attached hydrogens (tertiary/aromatic N) is 3. The SMILES string of the molecule is C=c1/c(=C(\N=C(\C)C(C)C)Nc2ccccc2C=N)ncn1CC.CCC(O)(CCC(C)C)c1ccccc1.O=CO. The van der Waals surface area contributed by atoms with E-state index in [9.17, 15) is 5.11 Å². The maximum atomic E-state index is 10.5. The van der Waals surface area contributed by atoms with Gasteiger partial charge in [0.25, 0.3) is 6.47 Å². The van der Waals surface area contributed by atoms with Crippen LogP contribution in [0, 0.1) is 17.2 Å². The third kappa shape index (κ3) is 11.1. The Hall–Kier alpha value is -4.04. The molecule has 8 nitrogen and oxygen atoms in total. The Kier molecular flexibility index (Phi) is 15.8. The topological polar surface area (TPSA) is 124 Å². The van der Waals surface area contributed by atoms with Crippen LogP contribution in [0.5, 0.6) is 0 Å². The summed E-state index contributed by atoms with van der Waals surface area (Å²) in [5, 5.41) is 29.9. The molecule has 42 heavy (non-hydrogen) atoms. The lowest BCUT2D eigenvalue weighted by molar-refractivity contribution is -0.122. The average Bonchev–Trinajstić information content (AvgIpc) is 3.36. The number of rotatable bonds is 11. The van der Waals surface area contributed by atoms with E-state index >= 15 is 0 Å². The van der Waals surface area contributed by atoms with Gasteiger partial charge in [-0.15, -0.1) is 0 Å². The molecule has 1 aromatic heterocycles. The number of hydrogen-bond donors (Lipinski definition) is 4. The molecule has 1 atom stereocenters. The van der Waals surface area contributed by atoms with Gasteiger partial charge in [0.05, 0.1) is 17.3 Å². The van der Waals surface area contributed by atoms with Crippen LogP contribution in [0.3, 0.4) is 0 Å². The number of anilines is 1. The fourth-order valence-corrected chi connectivity index (χ4v) is 3.99. The minimum atomic E-state index is -0.633. The summed E-state index contributed by atoms with van der Waals surface area (Å²) >= 11 is 0. The largest absolute Gasteiger partial charge is 0.483 e. The van der Waals surface area contributed by atoms with Gasteiger partial charge in [-0.2, -0.15) is 0 Å². The Balaban J connectivity index is 0.000000419. The van der Waals surface area contributed by atoms with Gasteiger partial charge in [-0.05, 0) is 56.6 Å². The standard InChI is InChI=1S/C19H25N5.C14H22O.CH2O2/c1-6-24-12-21-18(15(24)5)19(22-14(4)13(2)3)23-17-10-8-7-9-16(17)11-20;1-4-14(15,11-10-12(2)3)13-8-6-5-7-9-13;2-1-3/h7-13,20,23H,5-6H2,1-4H3;5-9,12,15H,4,10-11H2,1-3H3;1H,(H,2,3)/b19-18-,20-11?,22-14-;;. The van der Waals surface area contributed by atoms with Crippen molar-refractivity contribution >= 4 is 36.5 Å². The molecule has 0 aliphatic rings. The second-order valence-corrected chi connectivity index (χ2v) is 10.7. The van der Waals surface area contributed by atoms with Crippen molar-refractivity contribution in [3.05, 3.63) is 82.7 Å². The van der Waals surface area contributed by atoms with Crippen LogP contribution >= 0.6 is 0 Å². The van der Waals surface area contributed by atoms with E-state index in [-0.39, 0.29) is 6.47 Å². The van der Waals surface area contributed by atoms with E-state index in [1.807, 2.05) is 73.0 Å². The molecule has 1 heterocycles. The highest BCUT2D eigenvalue weighted by molar-refractivity contribution is 5.91. The van der Waals surface area contributed by atoms with Crippen LogP contribution in [-0.4, -0.2) is 38.2 Å². The highest BCUT2D eigenvalue weighted by Crippen LogP contribution is 2.31. The van der Waals surface area contributed by atoms with Crippen LogP contribution in [0.25, 0.3) is 12.4 Å². The molecule has 3 rings (SSSR count). The molecule has 2 aromatic carbocycles. The molecule has 228 valence electrons. The summed E-state index contributed by atoms with van der Waals surface area (Å²) in [6.07, 6.45) is 5.81. The van der Waals surface area contributed by atoms with Crippen molar-refractivity contribution in [2.75, 3.05) is 5.32 Å². The van der Waals surface area contributed by atoms with Crippen LogP contribution < -0.4 is 16.0 Å². The van der Waals surface area contributed by atoms with Crippen molar-refractivity contribution < 1.29 is 15.0 Å². The predicted octanol–water partition coefficient (Wildman–Crippen LogP) is 6.03. The summed E-state index contributed by atoms with van der Waals surface area (Å²) < 4.78 is 1.99. The fraction of sp³-hybridized carbons (Fsp3) is 0.412. The number of aliphatic imine (C=N–C) groups is 1. The Morgan fingerprint density at radius 3 is 2.21 bits per heavy atom. The van der Waals surface area contributed by atoms with Gasteiger partial charge in [0.2, 0.25) is 0 Å². The molecule has 0 saturated carbocycles. The predicted molar refractivity (Wildman–Crippen MR) is 175 cm³/mol. The van der Waals surface area contributed by atoms with Gasteiger partial charge in [0.15, 0.2) is 5.82 Å². The van der Waals surface area contributed by atoms with E-state index in [1.54, 1.807) is 6.33 Å². The van der Waals surface area contributed by atoms with Gasteiger partial charge in [-0.1, -0.05) is 89.7 Å². The Morgan fingerprint density at radius 1 is 1.12 bits per heavy atom. The van der Waals surface area contributed by atoms with E-state index in [0.717, 1.165) is 59.0 Å². The van der Waals surface area contributed by atoms with Crippen molar-refractivity contribution in [2.45, 2.75) is 79.9 Å². The number of hydrogen-bond acceptors (Lipinski definition) is 6. The van der Waals surface area contributed by atoms with Gasteiger partial charge in [0.1, 0.15) is 5.35 Å². The quantitative estimate of drug-likeness (QED) is 0.164. The van der Waals surface area contributed by atoms with Crippen LogP contribution in [0.1, 0.15) is 78.9 Å². The number of aromatic nitrogens is 2. The molecular formula is C34H49N5O3. The van der Waals surface area contributed by atoms with Gasteiger partial charge in [-0.3, -0.25) is 4.79 Å². The lowest BCUT2D eigenvalue weighted by atomic mass is 9.85. The van der Waals surface area contributed by atoms with Crippen molar-refractivity contribution in [3.63, 3.8) is 0 Å². The van der Waals surface area contributed by atoms with Crippen molar-refractivity contribution in [1.82, 2.24) is 9.55 Å². The summed E-state index contributed by atoms with van der Waals surface area (Å²) in [6.45, 7) is 19.4. The highest BCUT2D eigenvalue weighted by Gasteiger charge is 2.26. The smallest absolute Gasteiger partial charge is 0.290 e. The minimum Gasteiger partial charge on any atom is -0.483 e. The first-order valence-corrected chi connectivity index (χ1v) is 14.5. The number of para-hydroxylation sites is 1. The lowest BCUT2D eigenvalue weighted by Gasteiger charge is -2.28. The first kappa shape index (κ1) is 36.0. The number of nitrogens with one attached hydrogen (secondary N) is 2. The van der Waals surface area contributed by atoms with E-state index < -0.39 is 5.60 Å². The second kappa shape index (κ2) is 18.4. The Bertz CT molecular complexity index is 1380. The van der Waals surface area contributed by atoms with E-state index in [4.69, 9.17) is 20.3 Å². The van der Waals surface area contributed by atoms with Gasteiger partial charge >= 0.3 is 0 Å². The molecule has 0 radical (unpaired) electrons. The first-order chi connectivity index (χ1) is 20.0. The van der Waals surface area contributed by atoms with Crippen LogP contribution in [0.15, 0.2) is 65.9 Å². The lowest BCUT2D eigenvalue weighted by Crippen LogP contribution is -2.32. The first-order valence-electron chi connectivity index (χ1n) is 14.5. The molecular weight excluding hydrogens is 526 g/mol. The minimum absolute atomic E-state index is 0.250. The van der Waals surface area contributed by atoms with Crippen molar-refractivity contribution in [2.24, 2.45) is 16.8 Å². The summed E-state index contributed by atoms with van der Waals surface area (Å²) in [6, 6.07) is 17.7. The summed E-state index contributed by atoms with van der Waals surface area (Å²) in [5.74, 6) is 1.64. The zero-order chi connectivity index (χ0) is 31.7. The molecule has 1 unspecified atom stereocenters. The summed E-state index contributed by atoms with van der Waals surface area (Å²) in [7, 11) is 0. The molecule has 3 aromatic rings. The number of carboxylic acid groups (broad SMARTS) is 1. The molecule has 0 aliphatic carbocycles. The highest BCUT2D eigenvalue weighted by atomic mass is 16.3. The normalized spacial score (nSPS) is 13.2. The van der Waals surface area contributed by atoms with E-state index in [0.29, 0.717) is 17.7 Å². The Labute approximate surface area is 251 Å². The number of imidazole rings is 1. The van der Waals surface area contributed by atoms with Crippen molar-refractivity contribution in [1.29, 1.82) is 5.41 Å². The zero-order valence-corrected chi connectivity index (χ0v) is 26.3. The summed E-state index contributed by atoms with van der Waals surface area (Å²) in [4.78, 5) is 17.6. The van der Waals surface area contributed by atoms with Gasteiger partial charge in [-0.25, -0.2) is 9.98 Å². The van der Waals surface area contributed by atoms with Crippen LogP contribution in [-0.2, 0) is 16.9 Å². The molecule has 0 spiro atoms. The number of carbonyl (C=O) groups is 1. The third-order valence-electron chi connectivity index (χ3n) is 7.04.